The van der Waals surface area contributed by atoms with E-state index < -0.39 is 6.10 Å². The second-order valence-corrected chi connectivity index (χ2v) is 10.1. The second kappa shape index (κ2) is 12.9. The number of imidazole rings is 1. The van der Waals surface area contributed by atoms with Gasteiger partial charge in [-0.3, -0.25) is 0 Å². The van der Waals surface area contributed by atoms with Crippen molar-refractivity contribution in [2.45, 2.75) is 32.9 Å². The average molecular weight is 562 g/mol. The lowest BCUT2D eigenvalue weighted by Crippen LogP contribution is -2.25. The summed E-state index contributed by atoms with van der Waals surface area (Å²) in [7, 11) is 6.16. The van der Waals surface area contributed by atoms with E-state index in [1.54, 1.807) is 44.6 Å². The Bertz CT molecular complexity index is 1510. The van der Waals surface area contributed by atoms with Crippen LogP contribution in [0.3, 0.4) is 0 Å². The number of aliphatic hydroxyl groups excluding tert-OH is 1. The molecule has 0 saturated carbocycles. The molecule has 1 unspecified atom stereocenters. The van der Waals surface area contributed by atoms with Crippen LogP contribution in [-0.4, -0.2) is 59.5 Å². The molecule has 0 bridgehead atoms. The van der Waals surface area contributed by atoms with Crippen molar-refractivity contribution in [1.82, 2.24) is 14.3 Å². The molecule has 0 aliphatic heterocycles. The maximum Gasteiger partial charge on any atom is 0.203 e. The van der Waals surface area contributed by atoms with Crippen LogP contribution in [0.1, 0.15) is 48.9 Å². The average Bonchev–Trinajstić information content (AvgIpc) is 3.35. The van der Waals surface area contributed by atoms with E-state index in [4.69, 9.17) is 23.9 Å². The Kier molecular flexibility index (Phi) is 9.29. The summed E-state index contributed by atoms with van der Waals surface area (Å²) in [6.07, 6.45) is 1.69. The number of ether oxygens (including phenoxy) is 4. The van der Waals surface area contributed by atoms with Gasteiger partial charge in [0.2, 0.25) is 5.75 Å². The normalized spacial score (nSPS) is 11.9. The van der Waals surface area contributed by atoms with Crippen LogP contribution in [0.5, 0.6) is 28.7 Å². The van der Waals surface area contributed by atoms with Crippen molar-refractivity contribution in [3.8, 4) is 28.7 Å². The zero-order chi connectivity index (χ0) is 29.7. The molecule has 2 aromatic heterocycles. The van der Waals surface area contributed by atoms with Crippen LogP contribution in [0.2, 0.25) is 0 Å². The molecule has 2 heterocycles. The molecule has 4 aromatic rings. The number of phenols is 1. The fraction of sp³-hybridized carbons (Fsp3) is 0.344. The first kappa shape index (κ1) is 29.6. The van der Waals surface area contributed by atoms with Crippen molar-refractivity contribution < 1.29 is 29.2 Å². The van der Waals surface area contributed by atoms with Crippen molar-refractivity contribution in [2.24, 2.45) is 5.92 Å². The van der Waals surface area contributed by atoms with Gasteiger partial charge in [-0.1, -0.05) is 26.5 Å². The first-order valence-electron chi connectivity index (χ1n) is 13.5. The number of benzene rings is 2. The van der Waals surface area contributed by atoms with Gasteiger partial charge in [-0.05, 0) is 54.8 Å². The highest BCUT2D eigenvalue weighted by molar-refractivity contribution is 5.72. The van der Waals surface area contributed by atoms with Gasteiger partial charge in [0.1, 0.15) is 23.3 Å². The topological polar surface area (TPSA) is 97.9 Å². The number of aromatic nitrogens is 2. The molecule has 0 aliphatic rings. The van der Waals surface area contributed by atoms with Crippen LogP contribution >= 0.6 is 0 Å². The van der Waals surface area contributed by atoms with E-state index in [0.717, 1.165) is 6.42 Å². The quantitative estimate of drug-likeness (QED) is 0.215. The largest absolute Gasteiger partial charge is 0.504 e. The molecular weight excluding hydrogens is 522 g/mol. The minimum atomic E-state index is -1.07. The molecule has 1 atom stereocenters. The van der Waals surface area contributed by atoms with Gasteiger partial charge in [-0.2, -0.15) is 0 Å². The number of methoxy groups -OCH3 is 4. The van der Waals surface area contributed by atoms with Crippen molar-refractivity contribution >= 4 is 11.3 Å². The van der Waals surface area contributed by atoms with Gasteiger partial charge < -0.3 is 38.5 Å². The maximum atomic E-state index is 11.8. The molecular formula is C32H39N3O6. The molecule has 41 heavy (non-hydrogen) atoms. The van der Waals surface area contributed by atoms with Crippen LogP contribution in [-0.2, 0) is 6.54 Å². The number of rotatable bonds is 13. The highest BCUT2D eigenvalue weighted by atomic mass is 16.5. The van der Waals surface area contributed by atoms with Crippen molar-refractivity contribution in [1.29, 1.82) is 0 Å². The summed E-state index contributed by atoms with van der Waals surface area (Å²) in [5.41, 5.74) is 3.64. The molecule has 2 N–H and O–H groups in total. The molecule has 0 radical (unpaired) electrons. The number of phenolic OH excluding ortho intramolecular Hbond substituents is 1. The zero-order valence-corrected chi connectivity index (χ0v) is 24.5. The van der Waals surface area contributed by atoms with Gasteiger partial charge >= 0.3 is 0 Å². The first-order chi connectivity index (χ1) is 19.7. The fourth-order valence-electron chi connectivity index (χ4n) is 4.89. The third kappa shape index (κ3) is 6.05. The number of hydrogen-bond donors (Lipinski definition) is 2. The van der Waals surface area contributed by atoms with Crippen LogP contribution in [0.4, 0.5) is 0 Å². The Labute approximate surface area is 241 Å². The highest BCUT2D eigenvalue weighted by Gasteiger charge is 2.27. The summed E-state index contributed by atoms with van der Waals surface area (Å²) in [5, 5.41) is 22.9. The molecule has 2 aromatic carbocycles. The molecule has 9 nitrogen and oxygen atoms in total. The Morgan fingerprint density at radius 2 is 1.71 bits per heavy atom. The summed E-state index contributed by atoms with van der Waals surface area (Å²) in [5.74, 6) is 2.17. The molecule has 0 amide bonds. The Morgan fingerprint density at radius 1 is 0.976 bits per heavy atom. The number of pyridine rings is 1. The van der Waals surface area contributed by atoms with E-state index in [0.29, 0.717) is 70.1 Å². The van der Waals surface area contributed by atoms with Crippen LogP contribution in [0.15, 0.2) is 61.3 Å². The van der Waals surface area contributed by atoms with E-state index in [1.165, 1.54) is 14.2 Å². The van der Waals surface area contributed by atoms with Gasteiger partial charge in [0, 0.05) is 29.6 Å². The van der Waals surface area contributed by atoms with Crippen LogP contribution in [0.25, 0.3) is 11.3 Å². The number of fused-ring (bicyclic) bond motifs is 1. The lowest BCUT2D eigenvalue weighted by molar-refractivity contribution is 0.205. The minimum absolute atomic E-state index is 0.0530. The smallest absolute Gasteiger partial charge is 0.203 e. The SMILES string of the molecule is C=C(c1ccc(OC)c(OC)c1O)N(CCC(C)C)Cc1nc2ccccn2c1C(O)c1cc(OC)ccc1OC. The summed E-state index contributed by atoms with van der Waals surface area (Å²) in [4.78, 5) is 7.00. The summed E-state index contributed by atoms with van der Waals surface area (Å²) >= 11 is 0. The summed E-state index contributed by atoms with van der Waals surface area (Å²) < 4.78 is 23.7. The Balaban J connectivity index is 1.82. The zero-order valence-electron chi connectivity index (χ0n) is 24.5. The summed E-state index contributed by atoms with van der Waals surface area (Å²) in [6, 6.07) is 14.5. The molecule has 218 valence electrons. The van der Waals surface area contributed by atoms with E-state index in [9.17, 15) is 10.2 Å². The van der Waals surface area contributed by atoms with E-state index in [2.05, 4.69) is 25.3 Å². The third-order valence-electron chi connectivity index (χ3n) is 7.16. The molecule has 0 spiro atoms. The Morgan fingerprint density at radius 3 is 2.37 bits per heavy atom. The first-order valence-corrected chi connectivity index (χ1v) is 13.5. The highest BCUT2D eigenvalue weighted by Crippen LogP contribution is 2.42. The van der Waals surface area contributed by atoms with Crippen LogP contribution in [0, 0.1) is 5.92 Å². The summed E-state index contributed by atoms with van der Waals surface area (Å²) in [6.45, 7) is 9.66. The minimum Gasteiger partial charge on any atom is -0.504 e. The van der Waals surface area contributed by atoms with E-state index in [1.807, 2.05) is 28.8 Å². The number of aliphatic hydroxyl groups is 1. The number of nitrogens with zero attached hydrogens (tertiary/aromatic N) is 3. The molecule has 0 fully saturated rings. The lowest BCUT2D eigenvalue weighted by atomic mass is 10.0. The lowest BCUT2D eigenvalue weighted by Gasteiger charge is -2.29. The second-order valence-electron chi connectivity index (χ2n) is 10.1. The van der Waals surface area contributed by atoms with Crippen molar-refractivity contribution in [3.05, 3.63) is 83.8 Å². The van der Waals surface area contributed by atoms with Gasteiger partial charge in [0.25, 0.3) is 0 Å². The third-order valence-corrected chi connectivity index (χ3v) is 7.16. The molecule has 9 heteroatoms. The van der Waals surface area contributed by atoms with Crippen molar-refractivity contribution in [2.75, 3.05) is 35.0 Å². The predicted molar refractivity (Wildman–Crippen MR) is 159 cm³/mol. The van der Waals surface area contributed by atoms with E-state index >= 15 is 0 Å². The van der Waals surface area contributed by atoms with Gasteiger partial charge in [0.05, 0.1) is 46.4 Å². The number of aromatic hydroxyl groups is 1. The van der Waals surface area contributed by atoms with Gasteiger partial charge in [-0.25, -0.2) is 4.98 Å². The molecule has 4 rings (SSSR count). The van der Waals surface area contributed by atoms with Crippen molar-refractivity contribution in [3.63, 3.8) is 0 Å². The molecule has 0 aliphatic carbocycles. The van der Waals surface area contributed by atoms with Crippen LogP contribution < -0.4 is 18.9 Å². The Hall–Kier alpha value is -4.37. The predicted octanol–water partition coefficient (Wildman–Crippen LogP) is 5.68. The fourth-order valence-corrected chi connectivity index (χ4v) is 4.89. The monoisotopic (exact) mass is 561 g/mol. The van der Waals surface area contributed by atoms with E-state index in [-0.39, 0.29) is 11.5 Å². The maximum absolute atomic E-state index is 11.8. The van der Waals surface area contributed by atoms with Gasteiger partial charge in [-0.15, -0.1) is 0 Å². The standard InChI is InChI=1S/C32H39N3O6/c1-20(2)15-17-34(21(3)23-12-14-27(40-6)32(41-7)31(23)37)19-25-29(35-16-9-8-10-28(35)33-25)30(36)24-18-22(38-4)11-13-26(24)39-5/h8-14,16,18,20,30,36-37H,3,15,17,19H2,1-2,4-7H3. The molecule has 0 saturated heterocycles. The van der Waals surface area contributed by atoms with Gasteiger partial charge in [0.15, 0.2) is 11.5 Å². The number of hydrogen-bond acceptors (Lipinski definition) is 8.